The van der Waals surface area contributed by atoms with Gasteiger partial charge in [0, 0.05) is 15.8 Å². The molecule has 1 atom stereocenters. The first-order valence-electron chi connectivity index (χ1n) is 6.71. The van der Waals surface area contributed by atoms with E-state index in [2.05, 4.69) is 38.2 Å². The maximum absolute atomic E-state index is 12.9. The first kappa shape index (κ1) is 14.2. The van der Waals surface area contributed by atoms with Crippen molar-refractivity contribution in [3.63, 3.8) is 0 Å². The lowest BCUT2D eigenvalue weighted by Crippen LogP contribution is -2.24. The van der Waals surface area contributed by atoms with Crippen molar-refractivity contribution in [2.24, 2.45) is 5.92 Å². The van der Waals surface area contributed by atoms with E-state index >= 15 is 0 Å². The smallest absolute Gasteiger partial charge is 0.123 e. The van der Waals surface area contributed by atoms with Crippen LogP contribution in [0.15, 0.2) is 36.4 Å². The van der Waals surface area contributed by atoms with Gasteiger partial charge >= 0.3 is 0 Å². The second-order valence-electron chi connectivity index (χ2n) is 4.99. The molecule has 0 saturated heterocycles. The number of rotatable bonds is 5. The Bertz CT molecular complexity index is 516. The molecule has 1 nitrogen and oxygen atoms in total. The van der Waals surface area contributed by atoms with Gasteiger partial charge in [-0.1, -0.05) is 32.9 Å². The summed E-state index contributed by atoms with van der Waals surface area (Å²) >= 11 is 1.78. The molecule has 2 rings (SSSR count). The quantitative estimate of drug-likeness (QED) is 0.823. The Balaban J connectivity index is 2.24. The molecule has 0 aliphatic carbocycles. The van der Waals surface area contributed by atoms with Gasteiger partial charge in [0.15, 0.2) is 0 Å². The number of thiophene rings is 1. The SMILES string of the molecule is CCNC(c1ccc(-c2ccc(F)cc2)s1)C(C)C. The summed E-state index contributed by atoms with van der Waals surface area (Å²) in [6, 6.07) is 11.4. The van der Waals surface area contributed by atoms with Gasteiger partial charge in [-0.3, -0.25) is 0 Å². The Kier molecular flexibility index (Phi) is 4.72. The van der Waals surface area contributed by atoms with Gasteiger partial charge in [-0.15, -0.1) is 11.3 Å². The Labute approximate surface area is 118 Å². The zero-order chi connectivity index (χ0) is 13.8. The third-order valence-corrected chi connectivity index (χ3v) is 4.37. The minimum Gasteiger partial charge on any atom is -0.309 e. The van der Waals surface area contributed by atoms with Crippen molar-refractivity contribution < 1.29 is 4.39 Å². The number of hydrogen-bond donors (Lipinski definition) is 1. The van der Waals surface area contributed by atoms with Gasteiger partial charge < -0.3 is 5.32 Å². The molecule has 0 aliphatic rings. The molecule has 1 heterocycles. The maximum Gasteiger partial charge on any atom is 0.123 e. The Morgan fingerprint density at radius 1 is 1.11 bits per heavy atom. The van der Waals surface area contributed by atoms with E-state index in [1.807, 2.05) is 12.1 Å². The molecule has 2 aromatic rings. The number of nitrogens with one attached hydrogen (secondary N) is 1. The predicted molar refractivity (Wildman–Crippen MR) is 81.0 cm³/mol. The van der Waals surface area contributed by atoms with Crippen molar-refractivity contribution >= 4 is 11.3 Å². The van der Waals surface area contributed by atoms with Gasteiger partial charge in [-0.25, -0.2) is 4.39 Å². The number of benzene rings is 1. The molecule has 0 bridgehead atoms. The highest BCUT2D eigenvalue weighted by Gasteiger charge is 2.16. The van der Waals surface area contributed by atoms with Crippen molar-refractivity contribution in [1.82, 2.24) is 5.32 Å². The molecule has 0 radical (unpaired) electrons. The van der Waals surface area contributed by atoms with Crippen LogP contribution < -0.4 is 5.32 Å². The van der Waals surface area contributed by atoms with Crippen molar-refractivity contribution in [2.45, 2.75) is 26.8 Å². The zero-order valence-electron chi connectivity index (χ0n) is 11.6. The second kappa shape index (κ2) is 6.31. The van der Waals surface area contributed by atoms with Crippen molar-refractivity contribution in [3.8, 4) is 10.4 Å². The molecular formula is C16H20FNS. The molecular weight excluding hydrogens is 257 g/mol. The maximum atomic E-state index is 12.9. The molecule has 0 amide bonds. The van der Waals surface area contributed by atoms with E-state index in [-0.39, 0.29) is 5.82 Å². The van der Waals surface area contributed by atoms with Crippen LogP contribution in [-0.4, -0.2) is 6.54 Å². The molecule has 3 heteroatoms. The molecule has 19 heavy (non-hydrogen) atoms. The first-order valence-corrected chi connectivity index (χ1v) is 7.52. The number of hydrogen-bond acceptors (Lipinski definition) is 2. The van der Waals surface area contributed by atoms with Gasteiger partial charge in [0.05, 0.1) is 0 Å². The van der Waals surface area contributed by atoms with Crippen molar-refractivity contribution in [1.29, 1.82) is 0 Å². The highest BCUT2D eigenvalue weighted by atomic mass is 32.1. The van der Waals surface area contributed by atoms with E-state index in [9.17, 15) is 4.39 Å². The molecule has 1 N–H and O–H groups in total. The van der Waals surface area contributed by atoms with Crippen molar-refractivity contribution in [2.75, 3.05) is 6.54 Å². The summed E-state index contributed by atoms with van der Waals surface area (Å²) in [4.78, 5) is 2.54. The average Bonchev–Trinajstić information content (AvgIpc) is 2.85. The summed E-state index contributed by atoms with van der Waals surface area (Å²) in [7, 11) is 0. The summed E-state index contributed by atoms with van der Waals surface area (Å²) in [5, 5.41) is 3.52. The van der Waals surface area contributed by atoms with E-state index < -0.39 is 0 Å². The lowest BCUT2D eigenvalue weighted by Gasteiger charge is -2.20. The Morgan fingerprint density at radius 2 is 1.79 bits per heavy atom. The molecule has 0 spiro atoms. The normalized spacial score (nSPS) is 12.9. The highest BCUT2D eigenvalue weighted by molar-refractivity contribution is 7.15. The summed E-state index contributed by atoms with van der Waals surface area (Å²) in [5.41, 5.74) is 1.08. The predicted octanol–water partition coefficient (Wildman–Crippen LogP) is 4.86. The van der Waals surface area contributed by atoms with Gasteiger partial charge in [0.2, 0.25) is 0 Å². The first-order chi connectivity index (χ1) is 9.11. The van der Waals surface area contributed by atoms with Crippen molar-refractivity contribution in [3.05, 3.63) is 47.1 Å². The average molecular weight is 277 g/mol. The van der Waals surface area contributed by atoms with Gasteiger partial charge in [0.25, 0.3) is 0 Å². The van der Waals surface area contributed by atoms with Gasteiger partial charge in [0.1, 0.15) is 5.82 Å². The van der Waals surface area contributed by atoms with E-state index in [1.54, 1.807) is 11.3 Å². The van der Waals surface area contributed by atoms with Crippen LogP contribution >= 0.6 is 11.3 Å². The Morgan fingerprint density at radius 3 is 2.37 bits per heavy atom. The lowest BCUT2D eigenvalue weighted by atomic mass is 10.0. The zero-order valence-corrected chi connectivity index (χ0v) is 12.4. The summed E-state index contributed by atoms with van der Waals surface area (Å²) < 4.78 is 12.9. The molecule has 0 aliphatic heterocycles. The van der Waals surface area contributed by atoms with Crippen LogP contribution in [0, 0.1) is 11.7 Å². The van der Waals surface area contributed by atoms with Crippen LogP contribution in [0.3, 0.4) is 0 Å². The van der Waals surface area contributed by atoms with E-state index in [0.29, 0.717) is 12.0 Å². The van der Waals surface area contributed by atoms with E-state index in [1.165, 1.54) is 21.9 Å². The largest absolute Gasteiger partial charge is 0.309 e. The summed E-state index contributed by atoms with van der Waals surface area (Å²) in [6.45, 7) is 7.55. The van der Waals surface area contributed by atoms with E-state index in [0.717, 1.165) is 12.1 Å². The Hall–Kier alpha value is -1.19. The standard InChI is InChI=1S/C16H20FNS/c1-4-18-16(11(2)3)15-10-9-14(19-15)12-5-7-13(17)8-6-12/h5-11,16,18H,4H2,1-3H3. The molecule has 1 aromatic carbocycles. The van der Waals surface area contributed by atoms with Crippen LogP contribution in [0.25, 0.3) is 10.4 Å². The molecule has 1 aromatic heterocycles. The fourth-order valence-electron chi connectivity index (χ4n) is 2.17. The molecule has 0 saturated carbocycles. The van der Waals surface area contributed by atoms with Crippen LogP contribution in [0.2, 0.25) is 0 Å². The summed E-state index contributed by atoms with van der Waals surface area (Å²) in [5.74, 6) is 0.368. The number of halogens is 1. The monoisotopic (exact) mass is 277 g/mol. The third-order valence-electron chi connectivity index (χ3n) is 3.15. The van der Waals surface area contributed by atoms with Crippen LogP contribution in [-0.2, 0) is 0 Å². The molecule has 1 unspecified atom stereocenters. The lowest BCUT2D eigenvalue weighted by molar-refractivity contribution is 0.428. The molecule has 0 fully saturated rings. The van der Waals surface area contributed by atoms with Crippen LogP contribution in [0.1, 0.15) is 31.7 Å². The van der Waals surface area contributed by atoms with Crippen LogP contribution in [0.5, 0.6) is 0 Å². The topological polar surface area (TPSA) is 12.0 Å². The molecule has 102 valence electrons. The van der Waals surface area contributed by atoms with Crippen LogP contribution in [0.4, 0.5) is 4.39 Å². The van der Waals surface area contributed by atoms with Gasteiger partial charge in [-0.2, -0.15) is 0 Å². The minimum atomic E-state index is -0.187. The minimum absolute atomic E-state index is 0.187. The third kappa shape index (κ3) is 3.43. The van der Waals surface area contributed by atoms with Gasteiger partial charge in [-0.05, 0) is 42.3 Å². The summed E-state index contributed by atoms with van der Waals surface area (Å²) in [6.07, 6.45) is 0. The fraction of sp³-hybridized carbons (Fsp3) is 0.375. The second-order valence-corrected chi connectivity index (χ2v) is 6.10. The van der Waals surface area contributed by atoms with E-state index in [4.69, 9.17) is 0 Å². The highest BCUT2D eigenvalue weighted by Crippen LogP contribution is 2.34. The fourth-order valence-corrected chi connectivity index (χ4v) is 3.44.